The van der Waals surface area contributed by atoms with Gasteiger partial charge < -0.3 is 5.32 Å². The van der Waals surface area contributed by atoms with E-state index in [4.69, 9.17) is 11.6 Å². The average molecular weight is 262 g/mol. The quantitative estimate of drug-likeness (QED) is 0.740. The van der Waals surface area contributed by atoms with Gasteiger partial charge >= 0.3 is 6.03 Å². The van der Waals surface area contributed by atoms with Crippen molar-refractivity contribution in [3.63, 3.8) is 0 Å². The maximum atomic E-state index is 11.3. The highest BCUT2D eigenvalue weighted by molar-refractivity contribution is 6.28. The summed E-state index contributed by atoms with van der Waals surface area (Å²) in [7, 11) is 0. The van der Waals surface area contributed by atoms with Crippen molar-refractivity contribution in [2.45, 2.75) is 32.2 Å². The number of likely N-dealkylation sites (tertiary alicyclic amines) is 1. The lowest BCUT2D eigenvalue weighted by atomic mass is 10.1. The van der Waals surface area contributed by atoms with Crippen LogP contribution < -0.4 is 10.6 Å². The Bertz CT molecular complexity index is 267. The number of piperidine rings is 1. The topological polar surface area (TPSA) is 61.4 Å². The van der Waals surface area contributed by atoms with E-state index in [2.05, 4.69) is 22.5 Å². The highest BCUT2D eigenvalue weighted by Gasteiger charge is 2.17. The molecule has 1 saturated heterocycles. The number of alkyl halides is 1. The molecule has 0 bridgehead atoms. The number of halogens is 1. The SMILES string of the molecule is CC(CNC(=O)NC(=O)CCl)N1CCCCC1. The van der Waals surface area contributed by atoms with Crippen molar-refractivity contribution >= 4 is 23.5 Å². The van der Waals surface area contributed by atoms with Crippen LogP contribution in [0.3, 0.4) is 0 Å². The number of urea groups is 1. The largest absolute Gasteiger partial charge is 0.336 e. The van der Waals surface area contributed by atoms with Crippen LogP contribution >= 0.6 is 11.6 Å². The average Bonchev–Trinajstić information content (AvgIpc) is 2.36. The highest BCUT2D eigenvalue weighted by Crippen LogP contribution is 2.11. The second kappa shape index (κ2) is 7.50. The van der Waals surface area contributed by atoms with Crippen LogP contribution in [0.5, 0.6) is 0 Å². The minimum atomic E-state index is -0.477. The van der Waals surface area contributed by atoms with Gasteiger partial charge in [0.05, 0.1) is 0 Å². The molecule has 1 heterocycles. The summed E-state index contributed by atoms with van der Waals surface area (Å²) in [5, 5.41) is 4.82. The fourth-order valence-electron chi connectivity index (χ4n) is 1.93. The van der Waals surface area contributed by atoms with E-state index in [-0.39, 0.29) is 5.88 Å². The van der Waals surface area contributed by atoms with Gasteiger partial charge in [0.1, 0.15) is 5.88 Å². The van der Waals surface area contributed by atoms with E-state index in [0.717, 1.165) is 13.1 Å². The number of nitrogens with one attached hydrogen (secondary N) is 2. The molecule has 1 atom stereocenters. The van der Waals surface area contributed by atoms with Crippen molar-refractivity contribution in [1.82, 2.24) is 15.5 Å². The van der Waals surface area contributed by atoms with Crippen molar-refractivity contribution in [1.29, 1.82) is 0 Å². The Labute approximate surface area is 107 Å². The van der Waals surface area contributed by atoms with Gasteiger partial charge in [-0.25, -0.2) is 4.79 Å². The number of carbonyl (C=O) groups is 2. The highest BCUT2D eigenvalue weighted by atomic mass is 35.5. The van der Waals surface area contributed by atoms with Crippen LogP contribution in [-0.2, 0) is 4.79 Å². The number of nitrogens with zero attached hydrogens (tertiary/aromatic N) is 1. The molecule has 0 saturated carbocycles. The number of amides is 3. The zero-order valence-electron chi connectivity index (χ0n) is 10.2. The Morgan fingerprint density at radius 1 is 1.29 bits per heavy atom. The molecule has 2 N–H and O–H groups in total. The first kappa shape index (κ1) is 14.3. The van der Waals surface area contributed by atoms with E-state index in [1.165, 1.54) is 19.3 Å². The molecular formula is C11H20ClN3O2. The van der Waals surface area contributed by atoms with E-state index in [0.29, 0.717) is 12.6 Å². The van der Waals surface area contributed by atoms with Crippen LogP contribution in [0, 0.1) is 0 Å². The second-order valence-electron chi connectivity index (χ2n) is 4.34. The second-order valence-corrected chi connectivity index (χ2v) is 4.60. The number of carbonyl (C=O) groups excluding carboxylic acids is 2. The van der Waals surface area contributed by atoms with Gasteiger partial charge in [-0.15, -0.1) is 11.6 Å². The zero-order chi connectivity index (χ0) is 12.7. The van der Waals surface area contributed by atoms with E-state index < -0.39 is 11.9 Å². The summed E-state index contributed by atoms with van der Waals surface area (Å²) in [6.07, 6.45) is 3.74. The Balaban J connectivity index is 2.20. The third-order valence-corrected chi connectivity index (χ3v) is 3.19. The fourth-order valence-corrected chi connectivity index (χ4v) is 2.00. The van der Waals surface area contributed by atoms with Gasteiger partial charge in [-0.05, 0) is 32.9 Å². The minimum Gasteiger partial charge on any atom is -0.336 e. The molecule has 98 valence electrons. The molecule has 0 aromatic carbocycles. The monoisotopic (exact) mass is 261 g/mol. The van der Waals surface area contributed by atoms with Gasteiger partial charge in [0.25, 0.3) is 0 Å². The van der Waals surface area contributed by atoms with Crippen LogP contribution in [0.15, 0.2) is 0 Å². The predicted octanol–water partition coefficient (Wildman–Crippen LogP) is 0.925. The summed E-state index contributed by atoms with van der Waals surface area (Å²) in [5.74, 6) is -0.676. The fraction of sp³-hybridized carbons (Fsp3) is 0.818. The molecule has 1 aliphatic heterocycles. The Hall–Kier alpha value is -0.810. The molecule has 0 radical (unpaired) electrons. The van der Waals surface area contributed by atoms with Gasteiger partial charge in [0.2, 0.25) is 5.91 Å². The summed E-state index contributed by atoms with van der Waals surface area (Å²) >= 11 is 5.28. The van der Waals surface area contributed by atoms with E-state index in [1.54, 1.807) is 0 Å². The van der Waals surface area contributed by atoms with Crippen LogP contribution in [0.2, 0.25) is 0 Å². The zero-order valence-corrected chi connectivity index (χ0v) is 10.9. The van der Waals surface area contributed by atoms with E-state index >= 15 is 0 Å². The first-order valence-corrected chi connectivity index (χ1v) is 6.54. The minimum absolute atomic E-state index is 0.199. The molecule has 6 heteroatoms. The molecule has 1 unspecified atom stereocenters. The van der Waals surface area contributed by atoms with E-state index in [9.17, 15) is 9.59 Å². The van der Waals surface area contributed by atoms with Crippen molar-refractivity contribution in [3.05, 3.63) is 0 Å². The number of hydrogen-bond donors (Lipinski definition) is 2. The predicted molar refractivity (Wildman–Crippen MR) is 67.1 cm³/mol. The molecule has 1 fully saturated rings. The molecule has 0 aromatic rings. The lowest BCUT2D eigenvalue weighted by Crippen LogP contribution is -2.48. The van der Waals surface area contributed by atoms with Gasteiger partial charge in [-0.3, -0.25) is 15.0 Å². The Kier molecular flexibility index (Phi) is 6.29. The summed E-state index contributed by atoms with van der Waals surface area (Å²) in [5.41, 5.74) is 0. The molecule has 3 amide bonds. The Morgan fingerprint density at radius 2 is 1.94 bits per heavy atom. The lowest BCUT2D eigenvalue weighted by molar-refractivity contribution is -0.117. The molecule has 17 heavy (non-hydrogen) atoms. The molecule has 1 rings (SSSR count). The third kappa shape index (κ3) is 5.37. The normalized spacial score (nSPS) is 18.5. The number of hydrogen-bond acceptors (Lipinski definition) is 3. The first-order chi connectivity index (χ1) is 8.13. The van der Waals surface area contributed by atoms with Crippen molar-refractivity contribution in [2.24, 2.45) is 0 Å². The van der Waals surface area contributed by atoms with E-state index in [1.807, 2.05) is 0 Å². The molecule has 0 aromatic heterocycles. The number of imide groups is 1. The van der Waals surface area contributed by atoms with Crippen molar-refractivity contribution < 1.29 is 9.59 Å². The van der Waals surface area contributed by atoms with Gasteiger partial charge in [-0.2, -0.15) is 0 Å². The van der Waals surface area contributed by atoms with Crippen LogP contribution in [0.25, 0.3) is 0 Å². The third-order valence-electron chi connectivity index (χ3n) is 2.95. The molecule has 1 aliphatic rings. The summed E-state index contributed by atoms with van der Waals surface area (Å²) < 4.78 is 0. The number of rotatable bonds is 4. The van der Waals surface area contributed by atoms with Gasteiger partial charge in [0.15, 0.2) is 0 Å². The summed E-state index contributed by atoms with van der Waals surface area (Å²) in [4.78, 5) is 24.5. The smallest absolute Gasteiger partial charge is 0.321 e. The van der Waals surface area contributed by atoms with Gasteiger partial charge in [-0.1, -0.05) is 6.42 Å². The molecule has 5 nitrogen and oxygen atoms in total. The lowest BCUT2D eigenvalue weighted by Gasteiger charge is -2.32. The summed E-state index contributed by atoms with van der Waals surface area (Å²) in [6.45, 7) is 4.80. The van der Waals surface area contributed by atoms with Crippen LogP contribution in [-0.4, -0.2) is 48.4 Å². The van der Waals surface area contributed by atoms with Gasteiger partial charge in [0, 0.05) is 12.6 Å². The van der Waals surface area contributed by atoms with Crippen LogP contribution in [0.1, 0.15) is 26.2 Å². The van der Waals surface area contributed by atoms with Crippen molar-refractivity contribution in [2.75, 3.05) is 25.5 Å². The molecule has 0 aliphatic carbocycles. The maximum Gasteiger partial charge on any atom is 0.321 e. The maximum absolute atomic E-state index is 11.3. The molecule has 0 spiro atoms. The first-order valence-electron chi connectivity index (χ1n) is 6.01. The Morgan fingerprint density at radius 3 is 2.53 bits per heavy atom. The summed E-state index contributed by atoms with van der Waals surface area (Å²) in [6, 6.07) is -0.174. The van der Waals surface area contributed by atoms with Crippen molar-refractivity contribution in [3.8, 4) is 0 Å². The standard InChI is InChI=1S/C11H20ClN3O2/c1-9(15-5-3-2-4-6-15)8-13-11(17)14-10(16)7-12/h9H,2-8H2,1H3,(H2,13,14,16,17). The van der Waals surface area contributed by atoms with Crippen LogP contribution in [0.4, 0.5) is 4.79 Å². The molecular weight excluding hydrogens is 242 g/mol.